The van der Waals surface area contributed by atoms with Crippen LogP contribution in [0.1, 0.15) is 77.5 Å². The molecular weight excluding hydrogens is 320 g/mol. The van der Waals surface area contributed by atoms with E-state index >= 15 is 0 Å². The highest BCUT2D eigenvalue weighted by Crippen LogP contribution is 2.24. The van der Waals surface area contributed by atoms with Crippen LogP contribution in [-0.4, -0.2) is 37.8 Å². The Balaban J connectivity index is 0. The van der Waals surface area contributed by atoms with Crippen LogP contribution in [-0.2, 0) is 0 Å². The molecule has 1 aromatic rings. The first-order valence-corrected chi connectivity index (χ1v) is 10.5. The van der Waals surface area contributed by atoms with Crippen molar-refractivity contribution in [1.82, 2.24) is 10.2 Å². The lowest BCUT2D eigenvalue weighted by atomic mass is 10.0. The van der Waals surface area contributed by atoms with Gasteiger partial charge in [0, 0.05) is 13.1 Å². The Labute approximate surface area is 164 Å². The highest BCUT2D eigenvalue weighted by molar-refractivity contribution is 5.42. The number of hydrogen-bond donors (Lipinski definition) is 1. The maximum Gasteiger partial charge on any atom is 0.124 e. The third-order valence-electron chi connectivity index (χ3n) is 4.69. The molecule has 1 unspecified atom stereocenters. The van der Waals surface area contributed by atoms with Gasteiger partial charge in [-0.3, -0.25) is 10.2 Å². The molecule has 1 aliphatic heterocycles. The molecule has 1 atom stereocenters. The van der Waals surface area contributed by atoms with Crippen molar-refractivity contribution < 1.29 is 4.74 Å². The topological polar surface area (TPSA) is 24.5 Å². The van der Waals surface area contributed by atoms with E-state index in [0.29, 0.717) is 5.66 Å². The number of hydrogen-bond acceptors (Lipinski definition) is 3. The fourth-order valence-corrected chi connectivity index (χ4v) is 3.56. The smallest absolute Gasteiger partial charge is 0.124 e. The van der Waals surface area contributed by atoms with Gasteiger partial charge in [0.15, 0.2) is 0 Å². The summed E-state index contributed by atoms with van der Waals surface area (Å²) in [5.41, 5.74) is 4.05. The second-order valence-electron chi connectivity index (χ2n) is 6.42. The van der Waals surface area contributed by atoms with Crippen LogP contribution in [0.2, 0.25) is 0 Å². The highest BCUT2D eigenvalue weighted by atomic mass is 16.5. The number of rotatable bonds is 4. The van der Waals surface area contributed by atoms with E-state index in [-0.39, 0.29) is 0 Å². The van der Waals surface area contributed by atoms with Crippen LogP contribution in [0.15, 0.2) is 12.1 Å². The molecule has 3 nitrogen and oxygen atoms in total. The number of nitrogens with one attached hydrogen (secondary N) is 1. The van der Waals surface area contributed by atoms with E-state index in [1.54, 1.807) is 7.11 Å². The van der Waals surface area contributed by atoms with Crippen molar-refractivity contribution in [3.63, 3.8) is 0 Å². The van der Waals surface area contributed by atoms with Gasteiger partial charge in [-0.1, -0.05) is 65.7 Å². The molecule has 1 aromatic carbocycles. The average Bonchev–Trinajstić information content (AvgIpc) is 3.00. The number of benzene rings is 1. The van der Waals surface area contributed by atoms with Crippen molar-refractivity contribution >= 4 is 0 Å². The molecule has 0 bridgehead atoms. The molecule has 1 saturated heterocycles. The molecule has 1 N–H and O–H groups in total. The van der Waals surface area contributed by atoms with Gasteiger partial charge in [-0.2, -0.15) is 0 Å². The third kappa shape index (κ3) is 8.09. The van der Waals surface area contributed by atoms with E-state index in [1.165, 1.54) is 42.5 Å². The summed E-state index contributed by atoms with van der Waals surface area (Å²) in [6.07, 6.45) is 3.77. The Kier molecular flexibility index (Phi) is 15.7. The summed E-state index contributed by atoms with van der Waals surface area (Å²) >= 11 is 0. The van der Waals surface area contributed by atoms with Gasteiger partial charge in [0.2, 0.25) is 0 Å². The molecule has 2 rings (SSSR count). The first kappa shape index (κ1) is 27.2. The first-order valence-electron chi connectivity index (χ1n) is 10.5. The minimum Gasteiger partial charge on any atom is -0.496 e. The summed E-state index contributed by atoms with van der Waals surface area (Å²) in [4.78, 5) is 2.45. The Bertz CT molecular complexity index is 450. The van der Waals surface area contributed by atoms with E-state index < -0.39 is 0 Å². The summed E-state index contributed by atoms with van der Waals surface area (Å²) in [6, 6.07) is 4.26. The Morgan fingerprint density at radius 3 is 1.85 bits per heavy atom. The summed E-state index contributed by atoms with van der Waals surface area (Å²) in [5, 5.41) is 3.60. The van der Waals surface area contributed by atoms with Gasteiger partial charge in [-0.15, -0.1) is 0 Å². The second kappa shape index (κ2) is 15.0. The first-order chi connectivity index (χ1) is 12.4. The van der Waals surface area contributed by atoms with Crippen LogP contribution in [0.25, 0.3) is 0 Å². The Morgan fingerprint density at radius 1 is 1.04 bits per heavy atom. The summed E-state index contributed by atoms with van der Waals surface area (Å²) in [7, 11) is 3.93. The minimum atomic E-state index is 0.328. The zero-order valence-corrected chi connectivity index (χ0v) is 19.5. The average molecular weight is 367 g/mol. The molecule has 0 saturated carbocycles. The van der Waals surface area contributed by atoms with Crippen LogP contribution >= 0.6 is 0 Å². The largest absolute Gasteiger partial charge is 0.496 e. The van der Waals surface area contributed by atoms with E-state index in [4.69, 9.17) is 4.74 Å². The van der Waals surface area contributed by atoms with Crippen molar-refractivity contribution in [2.45, 2.75) is 87.2 Å². The molecule has 1 fully saturated rings. The van der Waals surface area contributed by atoms with Gasteiger partial charge in [0.25, 0.3) is 0 Å². The Morgan fingerprint density at radius 2 is 1.54 bits per heavy atom. The van der Waals surface area contributed by atoms with Crippen molar-refractivity contribution in [3.8, 4) is 5.75 Å². The molecule has 1 heterocycles. The number of nitrogens with zero attached hydrogens (tertiary/aromatic N) is 1. The molecule has 154 valence electrons. The van der Waals surface area contributed by atoms with Crippen LogP contribution in [0.3, 0.4) is 0 Å². The van der Waals surface area contributed by atoms with Crippen LogP contribution < -0.4 is 10.1 Å². The fraction of sp³-hybridized carbons (Fsp3) is 0.739. The number of likely N-dealkylation sites (N-methyl/N-ethyl adjacent to an activating group) is 1. The third-order valence-corrected chi connectivity index (χ3v) is 4.69. The van der Waals surface area contributed by atoms with E-state index in [9.17, 15) is 0 Å². The molecule has 26 heavy (non-hydrogen) atoms. The monoisotopic (exact) mass is 366 g/mol. The maximum atomic E-state index is 5.23. The van der Waals surface area contributed by atoms with Crippen LogP contribution in [0, 0.1) is 20.8 Å². The molecule has 1 aliphatic rings. The standard InChI is InChI=1S/C10H14O.C9H20N2.2C2H6/c1-7-5-8(2)10(11-4)9(3)6-7;1-4-6-9(5-2)10-7-8-11(9)3;2*1-2/h5-6H,1-4H3;10H,4-8H2,1-3H3;2*1-2H3. The van der Waals surface area contributed by atoms with Gasteiger partial charge in [-0.25, -0.2) is 0 Å². The van der Waals surface area contributed by atoms with Gasteiger partial charge in [-0.05, 0) is 51.8 Å². The van der Waals surface area contributed by atoms with Crippen molar-refractivity contribution in [2.24, 2.45) is 0 Å². The van der Waals surface area contributed by atoms with E-state index in [0.717, 1.165) is 12.3 Å². The van der Waals surface area contributed by atoms with Gasteiger partial charge < -0.3 is 4.74 Å². The van der Waals surface area contributed by atoms with Crippen LogP contribution in [0.5, 0.6) is 5.75 Å². The molecule has 0 radical (unpaired) electrons. The van der Waals surface area contributed by atoms with Crippen molar-refractivity contribution in [2.75, 3.05) is 27.2 Å². The number of methoxy groups -OCH3 is 1. The molecule has 0 spiro atoms. The maximum absolute atomic E-state index is 5.23. The SMILES string of the molecule is CC.CC.CCCC1(CC)NCCN1C.COc1c(C)cc(C)cc1C. The number of aryl methyl sites for hydroxylation is 3. The normalized spacial score (nSPS) is 18.6. The van der Waals surface area contributed by atoms with Gasteiger partial charge >= 0.3 is 0 Å². The zero-order chi connectivity index (χ0) is 20.8. The van der Waals surface area contributed by atoms with Crippen molar-refractivity contribution in [1.29, 1.82) is 0 Å². The lowest BCUT2D eigenvalue weighted by Gasteiger charge is -2.35. The quantitative estimate of drug-likeness (QED) is 0.696. The van der Waals surface area contributed by atoms with E-state index in [2.05, 4.69) is 64.0 Å². The van der Waals surface area contributed by atoms with Gasteiger partial charge in [0.1, 0.15) is 5.75 Å². The molecule has 0 amide bonds. The summed E-state index contributed by atoms with van der Waals surface area (Å²) in [6.45, 7) is 21.1. The summed E-state index contributed by atoms with van der Waals surface area (Å²) in [5.74, 6) is 1.01. The summed E-state index contributed by atoms with van der Waals surface area (Å²) < 4.78 is 5.23. The predicted octanol–water partition coefficient (Wildman–Crippen LogP) is 6.10. The second-order valence-corrected chi connectivity index (χ2v) is 6.42. The minimum absolute atomic E-state index is 0.328. The Hall–Kier alpha value is -1.06. The highest BCUT2D eigenvalue weighted by Gasteiger charge is 2.35. The zero-order valence-electron chi connectivity index (χ0n) is 19.5. The lowest BCUT2D eigenvalue weighted by molar-refractivity contribution is 0.131. The molecular formula is C23H46N2O. The lowest BCUT2D eigenvalue weighted by Crippen LogP contribution is -2.49. The van der Waals surface area contributed by atoms with Crippen molar-refractivity contribution in [3.05, 3.63) is 28.8 Å². The fourth-order valence-electron chi connectivity index (χ4n) is 3.56. The number of ether oxygens (including phenoxy) is 1. The van der Waals surface area contributed by atoms with E-state index in [1.807, 2.05) is 27.7 Å². The molecule has 0 aliphatic carbocycles. The molecule has 0 aromatic heterocycles. The van der Waals surface area contributed by atoms with Gasteiger partial charge in [0.05, 0.1) is 12.8 Å². The molecule has 3 heteroatoms. The predicted molar refractivity (Wildman–Crippen MR) is 118 cm³/mol. The van der Waals surface area contributed by atoms with Crippen LogP contribution in [0.4, 0.5) is 0 Å².